The van der Waals surface area contributed by atoms with Gasteiger partial charge in [-0.05, 0) is 43.0 Å². The van der Waals surface area contributed by atoms with E-state index in [0.29, 0.717) is 19.3 Å². The van der Waals surface area contributed by atoms with Gasteiger partial charge in [0.25, 0.3) is 5.91 Å². The van der Waals surface area contributed by atoms with Gasteiger partial charge in [0.15, 0.2) is 0 Å². The molecule has 0 spiro atoms. The molecule has 5 N–H and O–H groups in total. The van der Waals surface area contributed by atoms with E-state index in [1.807, 2.05) is 37.3 Å². The maximum atomic E-state index is 13.6. The molecule has 0 unspecified atom stereocenters. The lowest BCUT2D eigenvalue weighted by Crippen LogP contribution is -2.58. The summed E-state index contributed by atoms with van der Waals surface area (Å²) in [4.78, 5) is 65.6. The molecule has 5 amide bonds. The van der Waals surface area contributed by atoms with Gasteiger partial charge in [-0.15, -0.1) is 0 Å². The molecule has 2 aromatic rings. The van der Waals surface area contributed by atoms with E-state index in [1.165, 1.54) is 23.1 Å². The van der Waals surface area contributed by atoms with Gasteiger partial charge in [0.2, 0.25) is 23.6 Å². The molecule has 4 atom stereocenters. The second kappa shape index (κ2) is 17.5. The van der Waals surface area contributed by atoms with Gasteiger partial charge >= 0.3 is 11.6 Å². The third-order valence-electron chi connectivity index (χ3n) is 7.01. The van der Waals surface area contributed by atoms with Crippen LogP contribution in [0.5, 0.6) is 0 Å². The summed E-state index contributed by atoms with van der Waals surface area (Å²) < 4.78 is 30.2. The third-order valence-corrected chi connectivity index (χ3v) is 7.01. The van der Waals surface area contributed by atoms with Gasteiger partial charge in [-0.25, -0.2) is 4.39 Å². The van der Waals surface area contributed by atoms with Gasteiger partial charge in [-0.1, -0.05) is 50.2 Å². The van der Waals surface area contributed by atoms with Crippen molar-refractivity contribution in [2.75, 3.05) is 13.1 Å². The standard InChI is InChI=1S/C29H36FN5O5.O2S/c1-3-18(2)26(37)34-23(17-32-27(38)20-11-7-12-21(30)16-20)29(40)35-14-8-13-24(35)28(39)33-22(25(31)36)15-19-9-5-4-6-10-19;1-3-2/h4-7,9-12,16,18,22-24H,3,8,13-15,17H2,1-2H3,(H2,31,36)(H,32,38)(H,33,39)(H,34,37);/t18-,22+,23+,24+;/m1./s1. The van der Waals surface area contributed by atoms with Crippen molar-refractivity contribution in [3.63, 3.8) is 0 Å². The zero-order valence-corrected chi connectivity index (χ0v) is 24.7. The fraction of sp³-hybridized carbons (Fsp3) is 0.414. The number of nitrogens with one attached hydrogen (secondary N) is 3. The number of carbonyl (C=O) groups excluding carboxylic acids is 5. The average Bonchev–Trinajstić information content (AvgIpc) is 3.49. The van der Waals surface area contributed by atoms with Crippen LogP contribution < -0.4 is 21.7 Å². The molecule has 43 heavy (non-hydrogen) atoms. The molecular weight excluding hydrogens is 581 g/mol. The predicted octanol–water partition coefficient (Wildman–Crippen LogP) is 0.620. The summed E-state index contributed by atoms with van der Waals surface area (Å²) in [5.74, 6) is -3.74. The Morgan fingerprint density at radius 1 is 1.02 bits per heavy atom. The summed E-state index contributed by atoms with van der Waals surface area (Å²) in [6.07, 6.45) is 1.62. The number of nitrogens with zero attached hydrogens (tertiary/aromatic N) is 1. The molecule has 2 aromatic carbocycles. The first-order valence-electron chi connectivity index (χ1n) is 13.7. The lowest BCUT2D eigenvalue weighted by Gasteiger charge is -2.30. The number of hydrogen-bond acceptors (Lipinski definition) is 7. The first-order chi connectivity index (χ1) is 20.5. The Morgan fingerprint density at radius 3 is 2.30 bits per heavy atom. The van der Waals surface area contributed by atoms with Gasteiger partial charge in [0.1, 0.15) is 23.9 Å². The summed E-state index contributed by atoms with van der Waals surface area (Å²) in [6, 6.07) is 11.2. The van der Waals surface area contributed by atoms with E-state index in [9.17, 15) is 28.4 Å². The van der Waals surface area contributed by atoms with Crippen molar-refractivity contribution in [1.82, 2.24) is 20.9 Å². The number of rotatable bonds is 12. The quantitative estimate of drug-likeness (QED) is 0.269. The highest BCUT2D eigenvalue weighted by molar-refractivity contribution is 7.51. The molecule has 1 fully saturated rings. The minimum atomic E-state index is -1.16. The van der Waals surface area contributed by atoms with Crippen LogP contribution in [0, 0.1) is 11.7 Å². The van der Waals surface area contributed by atoms with E-state index in [1.54, 1.807) is 6.92 Å². The predicted molar refractivity (Wildman–Crippen MR) is 155 cm³/mol. The highest BCUT2D eigenvalue weighted by atomic mass is 32.1. The summed E-state index contributed by atoms with van der Waals surface area (Å²) in [7, 11) is 0. The van der Waals surface area contributed by atoms with Crippen molar-refractivity contribution in [1.29, 1.82) is 0 Å². The monoisotopic (exact) mass is 617 g/mol. The number of carbonyl (C=O) groups is 5. The van der Waals surface area contributed by atoms with Crippen molar-refractivity contribution in [3.8, 4) is 0 Å². The van der Waals surface area contributed by atoms with Gasteiger partial charge in [0.05, 0.1) is 0 Å². The molecule has 3 rings (SSSR count). The molecular formula is C29H36FN5O7S. The zero-order valence-electron chi connectivity index (χ0n) is 23.9. The number of likely N-dealkylation sites (tertiary alicyclic amines) is 1. The van der Waals surface area contributed by atoms with Crippen molar-refractivity contribution < 1.29 is 36.8 Å². The van der Waals surface area contributed by atoms with Crippen molar-refractivity contribution >= 4 is 41.1 Å². The largest absolute Gasteiger partial charge is 0.368 e. The van der Waals surface area contributed by atoms with Crippen LogP contribution in [0.4, 0.5) is 4.39 Å². The maximum absolute atomic E-state index is 13.6. The summed E-state index contributed by atoms with van der Waals surface area (Å²) >= 11 is -0.750. The van der Waals surface area contributed by atoms with E-state index in [2.05, 4.69) is 16.0 Å². The summed E-state index contributed by atoms with van der Waals surface area (Å²) in [5.41, 5.74) is 6.43. The van der Waals surface area contributed by atoms with Crippen LogP contribution in [0.15, 0.2) is 54.6 Å². The summed E-state index contributed by atoms with van der Waals surface area (Å²) in [6.45, 7) is 3.53. The minimum Gasteiger partial charge on any atom is -0.368 e. The van der Waals surface area contributed by atoms with Gasteiger partial charge < -0.3 is 26.6 Å². The average molecular weight is 618 g/mol. The van der Waals surface area contributed by atoms with Gasteiger partial charge in [0, 0.05) is 31.0 Å². The first kappa shape index (κ1) is 34.7. The van der Waals surface area contributed by atoms with E-state index in [4.69, 9.17) is 14.2 Å². The second-order valence-corrected chi connectivity index (χ2v) is 10.1. The van der Waals surface area contributed by atoms with E-state index >= 15 is 0 Å². The van der Waals surface area contributed by atoms with Gasteiger partial charge in [-0.3, -0.25) is 24.0 Å². The lowest BCUT2D eigenvalue weighted by atomic mass is 10.0. The topological polar surface area (TPSA) is 185 Å². The SMILES string of the molecule is CC[C@@H](C)C(=O)N[C@@H](CNC(=O)c1cccc(F)c1)C(=O)N1CCC[C@H]1C(=O)N[C@@H](Cc1ccccc1)C(N)=O.O=S=O. The molecule has 0 bridgehead atoms. The smallest absolute Gasteiger partial charge is 0.335 e. The second-order valence-electron chi connectivity index (χ2n) is 10.0. The van der Waals surface area contributed by atoms with E-state index < -0.39 is 59.1 Å². The Labute approximate surface area is 252 Å². The number of primary amides is 1. The van der Waals surface area contributed by atoms with Crippen LogP contribution in [0.2, 0.25) is 0 Å². The highest BCUT2D eigenvalue weighted by Gasteiger charge is 2.39. The molecule has 12 nitrogen and oxygen atoms in total. The van der Waals surface area contributed by atoms with Crippen LogP contribution in [-0.4, -0.2) is 74.1 Å². The molecule has 0 aliphatic carbocycles. The third kappa shape index (κ3) is 10.7. The lowest BCUT2D eigenvalue weighted by molar-refractivity contribution is -0.142. The number of hydrogen-bond donors (Lipinski definition) is 4. The molecule has 0 aromatic heterocycles. The molecule has 232 valence electrons. The Kier molecular flexibility index (Phi) is 14.1. The normalized spacial score (nSPS) is 16.0. The Bertz CT molecular complexity index is 1320. The fourth-order valence-electron chi connectivity index (χ4n) is 4.47. The van der Waals surface area contributed by atoms with Crippen molar-refractivity contribution in [3.05, 3.63) is 71.5 Å². The fourth-order valence-corrected chi connectivity index (χ4v) is 4.47. The Balaban J connectivity index is 0.00000206. The molecule has 1 heterocycles. The van der Waals surface area contributed by atoms with Crippen molar-refractivity contribution in [2.24, 2.45) is 11.7 Å². The van der Waals surface area contributed by atoms with Crippen LogP contribution in [0.1, 0.15) is 49.0 Å². The van der Waals surface area contributed by atoms with E-state index in [-0.39, 0.29) is 36.9 Å². The van der Waals surface area contributed by atoms with Crippen molar-refractivity contribution in [2.45, 2.75) is 57.7 Å². The zero-order chi connectivity index (χ0) is 31.9. The van der Waals surface area contributed by atoms with Gasteiger partial charge in [-0.2, -0.15) is 8.42 Å². The summed E-state index contributed by atoms with van der Waals surface area (Å²) in [5, 5.41) is 7.95. The molecule has 1 aliphatic heterocycles. The first-order valence-corrected chi connectivity index (χ1v) is 14.4. The minimum absolute atomic E-state index is 0.0637. The number of nitrogens with two attached hydrogens (primary N) is 1. The highest BCUT2D eigenvalue weighted by Crippen LogP contribution is 2.19. The van der Waals surface area contributed by atoms with Crippen LogP contribution in [-0.2, 0) is 37.2 Å². The van der Waals surface area contributed by atoms with E-state index in [0.717, 1.165) is 11.6 Å². The molecule has 0 radical (unpaired) electrons. The molecule has 0 saturated carbocycles. The van der Waals surface area contributed by atoms with Crippen LogP contribution in [0.25, 0.3) is 0 Å². The number of amides is 5. The molecule has 14 heteroatoms. The number of halogens is 1. The molecule has 1 aliphatic rings. The Hall–Kier alpha value is -4.46. The maximum Gasteiger partial charge on any atom is 0.335 e. The van der Waals surface area contributed by atoms with Crippen LogP contribution >= 0.6 is 0 Å². The Morgan fingerprint density at radius 2 is 1.70 bits per heavy atom. The number of benzene rings is 2. The van der Waals surface area contributed by atoms with Crippen LogP contribution in [0.3, 0.4) is 0 Å². The molecule has 1 saturated heterocycles.